The highest BCUT2D eigenvalue weighted by Crippen LogP contribution is 2.57. The molecule has 172 valence electrons. The van der Waals surface area contributed by atoms with Gasteiger partial charge in [0.05, 0.1) is 41.7 Å². The zero-order chi connectivity index (χ0) is 25.4. The van der Waals surface area contributed by atoms with Gasteiger partial charge in [-0.25, -0.2) is 0 Å². The lowest BCUT2D eigenvalue weighted by Crippen LogP contribution is -2.05. The Bertz CT molecular complexity index is 1250. The third-order valence-corrected chi connectivity index (χ3v) is 3.72. The topological polar surface area (TPSA) is 309 Å². The number of non-ortho nitro benzene ring substituents is 1. The van der Waals surface area contributed by atoms with E-state index in [-0.39, 0.29) is 12.1 Å². The highest BCUT2D eigenvalue weighted by atomic mass is 16.7. The number of hydrogen-bond donors (Lipinski definition) is 2. The van der Waals surface area contributed by atoms with E-state index in [0.717, 1.165) is 0 Å². The number of rotatable bonds is 8. The zero-order valence-electron chi connectivity index (χ0n) is 15.0. The summed E-state index contributed by atoms with van der Waals surface area (Å²) in [5, 5.41) is 87.0. The Balaban J connectivity index is 3.08. The third-order valence-electron chi connectivity index (χ3n) is 3.72. The molecule has 0 fully saturated rings. The number of ether oxygens (including phenoxy) is 1. The van der Waals surface area contributed by atoms with Gasteiger partial charge in [0, 0.05) is 0 Å². The normalized spacial score (nSPS) is 10.3. The van der Waals surface area contributed by atoms with Crippen LogP contribution >= 0.6 is 0 Å². The first-order chi connectivity index (χ1) is 15.2. The standard InChI is InChI=1S/C12H4N6O15/c19-9-6(16(27)28)7(17(29)30)12(10(20)8(9)18(31)32)33-11-4(14(23)24)1-3(13(21)22)2-5(11)15(25)26/h1-2,19-20H. The smallest absolute Gasteiger partial charge is 0.398 e. The predicted molar refractivity (Wildman–Crippen MR) is 96.2 cm³/mol. The molecule has 0 aliphatic rings. The summed E-state index contributed by atoms with van der Waals surface area (Å²) in [6.45, 7) is 0. The molecule has 0 unspecified atom stereocenters. The first-order valence-corrected chi connectivity index (χ1v) is 7.54. The van der Waals surface area contributed by atoms with E-state index < -0.39 is 86.7 Å². The maximum absolute atomic E-state index is 11.4. The number of hydrogen-bond acceptors (Lipinski definition) is 15. The van der Waals surface area contributed by atoms with Crippen molar-refractivity contribution in [1.82, 2.24) is 0 Å². The van der Waals surface area contributed by atoms with Crippen LogP contribution in [0.4, 0.5) is 34.1 Å². The van der Waals surface area contributed by atoms with Gasteiger partial charge in [-0.3, -0.25) is 60.7 Å². The Hall–Kier alpha value is -5.76. The van der Waals surface area contributed by atoms with Crippen molar-refractivity contribution in [3.8, 4) is 23.0 Å². The second-order valence-corrected chi connectivity index (χ2v) is 5.53. The molecule has 0 amide bonds. The number of aromatic hydroxyl groups is 2. The molecule has 0 saturated heterocycles. The number of phenolic OH excluding ortho intramolecular Hbond substituents is 2. The van der Waals surface area contributed by atoms with Crippen molar-refractivity contribution in [1.29, 1.82) is 0 Å². The van der Waals surface area contributed by atoms with E-state index in [1.165, 1.54) is 0 Å². The van der Waals surface area contributed by atoms with E-state index in [4.69, 9.17) is 0 Å². The van der Waals surface area contributed by atoms with E-state index >= 15 is 0 Å². The second kappa shape index (κ2) is 8.17. The summed E-state index contributed by atoms with van der Waals surface area (Å²) in [4.78, 5) is 58.0. The van der Waals surface area contributed by atoms with Gasteiger partial charge in [-0.2, -0.15) is 0 Å². The molecule has 0 aliphatic heterocycles. The fraction of sp³-hybridized carbons (Fsp3) is 0. The van der Waals surface area contributed by atoms with Crippen molar-refractivity contribution in [3.63, 3.8) is 0 Å². The molecule has 0 aliphatic carbocycles. The lowest BCUT2D eigenvalue weighted by atomic mass is 10.1. The summed E-state index contributed by atoms with van der Waals surface area (Å²) in [6, 6.07) is 0.239. The summed E-state index contributed by atoms with van der Waals surface area (Å²) >= 11 is 0. The fourth-order valence-corrected chi connectivity index (χ4v) is 2.44. The molecular weight excluding hydrogens is 468 g/mol. The van der Waals surface area contributed by atoms with Crippen LogP contribution in [-0.4, -0.2) is 39.8 Å². The van der Waals surface area contributed by atoms with Crippen molar-refractivity contribution in [2.75, 3.05) is 0 Å². The van der Waals surface area contributed by atoms with Gasteiger partial charge in [0.15, 0.2) is 0 Å². The summed E-state index contributed by atoms with van der Waals surface area (Å²) in [6.07, 6.45) is 0. The number of nitro groups is 6. The van der Waals surface area contributed by atoms with E-state index in [9.17, 15) is 70.9 Å². The molecule has 33 heavy (non-hydrogen) atoms. The Morgan fingerprint density at radius 1 is 0.545 bits per heavy atom. The van der Waals surface area contributed by atoms with Gasteiger partial charge in [-0.05, 0) is 0 Å². The molecule has 2 aromatic carbocycles. The van der Waals surface area contributed by atoms with Crippen molar-refractivity contribution in [2.45, 2.75) is 0 Å². The molecule has 0 atom stereocenters. The summed E-state index contributed by atoms with van der Waals surface area (Å²) in [5.41, 5.74) is -10.2. The van der Waals surface area contributed by atoms with Crippen LogP contribution in [0.3, 0.4) is 0 Å². The highest BCUT2D eigenvalue weighted by molar-refractivity contribution is 5.83. The second-order valence-electron chi connectivity index (χ2n) is 5.53. The molecule has 0 radical (unpaired) electrons. The first kappa shape index (κ1) is 23.5. The minimum absolute atomic E-state index is 0.119. The molecule has 21 nitrogen and oxygen atoms in total. The van der Waals surface area contributed by atoms with Gasteiger partial charge in [0.2, 0.25) is 5.75 Å². The Labute approximate surface area is 175 Å². The maximum atomic E-state index is 11.4. The quantitative estimate of drug-likeness (QED) is 0.411. The van der Waals surface area contributed by atoms with Crippen LogP contribution in [0, 0.1) is 60.7 Å². The Morgan fingerprint density at radius 3 is 1.30 bits per heavy atom. The third kappa shape index (κ3) is 3.98. The number of nitrogens with zero attached hydrogens (tertiary/aromatic N) is 6. The summed E-state index contributed by atoms with van der Waals surface area (Å²) in [7, 11) is 0. The molecule has 21 heteroatoms. The number of nitro benzene ring substituents is 6. The molecular formula is C12H4N6O15. The lowest BCUT2D eigenvalue weighted by Gasteiger charge is -2.10. The molecule has 2 rings (SSSR count). The molecule has 2 N–H and O–H groups in total. The first-order valence-electron chi connectivity index (χ1n) is 7.54. The maximum Gasteiger partial charge on any atom is 0.398 e. The predicted octanol–water partition coefficient (Wildman–Crippen LogP) is 2.34. The number of phenols is 2. The Kier molecular flexibility index (Phi) is 5.82. The molecule has 0 bridgehead atoms. The summed E-state index contributed by atoms with van der Waals surface area (Å²) < 4.78 is 4.64. The average Bonchev–Trinajstić information content (AvgIpc) is 2.68. The molecule has 2 aromatic rings. The van der Waals surface area contributed by atoms with E-state index in [1.807, 2.05) is 0 Å². The molecule has 0 heterocycles. The van der Waals surface area contributed by atoms with Gasteiger partial charge in [0.25, 0.3) is 22.9 Å². The van der Waals surface area contributed by atoms with E-state index in [0.29, 0.717) is 0 Å². The summed E-state index contributed by atoms with van der Waals surface area (Å²) in [5.74, 6) is -7.43. The minimum atomic E-state index is -1.99. The number of benzene rings is 2. The van der Waals surface area contributed by atoms with Gasteiger partial charge in [-0.15, -0.1) is 0 Å². The Morgan fingerprint density at radius 2 is 0.970 bits per heavy atom. The average molecular weight is 472 g/mol. The monoisotopic (exact) mass is 472 g/mol. The van der Waals surface area contributed by atoms with E-state index in [1.54, 1.807) is 0 Å². The van der Waals surface area contributed by atoms with Crippen LogP contribution in [0.1, 0.15) is 0 Å². The SMILES string of the molecule is O=[N+]([O-])c1cc([N+](=O)[O-])c(Oc2c(O)c([N+](=O)[O-])c(O)c([N+](=O)[O-])c2[N+](=O)[O-])c([N+](=O)[O-])c1. The van der Waals surface area contributed by atoms with Gasteiger partial charge >= 0.3 is 28.4 Å². The van der Waals surface area contributed by atoms with Crippen LogP contribution in [0.5, 0.6) is 23.0 Å². The van der Waals surface area contributed by atoms with Crippen LogP contribution in [0.2, 0.25) is 0 Å². The van der Waals surface area contributed by atoms with Crippen LogP contribution < -0.4 is 4.74 Å². The highest BCUT2D eigenvalue weighted by Gasteiger charge is 2.46. The molecule has 0 spiro atoms. The fourth-order valence-electron chi connectivity index (χ4n) is 2.44. The van der Waals surface area contributed by atoms with Gasteiger partial charge in [-0.1, -0.05) is 0 Å². The molecule has 0 aromatic heterocycles. The zero-order valence-corrected chi connectivity index (χ0v) is 15.0. The van der Waals surface area contributed by atoms with Gasteiger partial charge in [0.1, 0.15) is 0 Å². The van der Waals surface area contributed by atoms with Crippen molar-refractivity contribution >= 4 is 34.1 Å². The molecule has 0 saturated carbocycles. The van der Waals surface area contributed by atoms with Crippen LogP contribution in [0.15, 0.2) is 12.1 Å². The van der Waals surface area contributed by atoms with Crippen LogP contribution in [-0.2, 0) is 0 Å². The van der Waals surface area contributed by atoms with Crippen molar-refractivity contribution in [2.24, 2.45) is 0 Å². The van der Waals surface area contributed by atoms with Crippen LogP contribution in [0.25, 0.3) is 0 Å². The van der Waals surface area contributed by atoms with Gasteiger partial charge < -0.3 is 14.9 Å². The van der Waals surface area contributed by atoms with Crippen molar-refractivity contribution in [3.05, 3.63) is 72.8 Å². The van der Waals surface area contributed by atoms with E-state index in [2.05, 4.69) is 4.74 Å². The minimum Gasteiger partial charge on any atom is -0.499 e. The largest absolute Gasteiger partial charge is 0.499 e. The lowest BCUT2D eigenvalue weighted by molar-refractivity contribution is -0.426. The van der Waals surface area contributed by atoms with Crippen molar-refractivity contribution < 1.29 is 44.5 Å².